The van der Waals surface area contributed by atoms with Crippen molar-refractivity contribution in [2.75, 3.05) is 41.8 Å². The van der Waals surface area contributed by atoms with E-state index in [9.17, 15) is 47.9 Å². The van der Waals surface area contributed by atoms with Crippen LogP contribution in [0.4, 0.5) is 0 Å². The van der Waals surface area contributed by atoms with Crippen LogP contribution in [0.1, 0.15) is 156 Å². The minimum absolute atomic E-state index is 0.00157. The SMILES string of the molecule is CC1C(=O)N(C)C(c2ccccc2)N1C(=O)CCC(O)O.CC1C(=O)N(C)C(c2ccccc2)N1C(=O)COc1ccccc1.CCCC(=O)N1C(C)C(=O)N(C)C1c1ccccc1.CCCC(=O)N1C(Cc2cccnc2)C(=O)N(C)C1CCc1ccccc1.CN1C(=O)C(Cc2cccnc2)N(C(=O)CCC(O)O)C1CCc1ccccc1. The Kier molecular flexibility index (Phi) is 34.2. The monoisotopic (exact) mass is 1640 g/mol. The molecule has 5 saturated heterocycles. The molecule has 10 amide bonds. The third kappa shape index (κ3) is 23.5. The lowest BCUT2D eigenvalue weighted by atomic mass is 10.0. The smallest absolute Gasteiger partial charge is 0.263 e. The van der Waals surface area contributed by atoms with E-state index >= 15 is 0 Å². The van der Waals surface area contributed by atoms with Crippen molar-refractivity contribution in [1.82, 2.24) is 59.0 Å². The number of carbonyl (C=O) groups excluding carboxylic acids is 10. The number of nitrogens with zero attached hydrogens (tertiary/aromatic N) is 12. The summed E-state index contributed by atoms with van der Waals surface area (Å²) in [5.74, 6) is -0.275. The van der Waals surface area contributed by atoms with Gasteiger partial charge in [-0.15, -0.1) is 0 Å². The average Bonchev–Trinajstić information content (AvgIpc) is 1.65. The fraction of sp³-hybridized carbons (Fsp3) is 0.398. The first-order chi connectivity index (χ1) is 57.7. The first-order valence-corrected chi connectivity index (χ1v) is 41.0. The molecule has 120 heavy (non-hydrogen) atoms. The molecule has 0 saturated carbocycles. The standard InChI is InChI=1S/C22H27N3O4.C22H27N3O2.C19H20N2O3.C15H20N2O4.C15H20N2O2/c1-24-19(10-9-16-6-3-2-4-7-16)25(20(26)11-12-21(27)28)18(22(24)29)14-17-8-5-13-23-15-17;1-3-8-21(26)25-19(15-18-11-7-14-23-16-18)22(27)24(2)20(25)13-12-17-9-5-4-6-10-17;1-14-19(23)20(2)18(15-9-5-3-6-10-15)21(14)17(22)13-24-16-11-7-4-8-12-16;1-10-15(21)16(2)14(11-6-4-3-5-7-11)17(10)12(18)8-9-13(19)20;1-4-8-13(18)17-11(2)15(19)16(3)14(17)12-9-6-5-7-10-12/h2-8,13,15,18-19,21,27-28H,9-12,14H2,1H3;4-7,9-11,14,16,19-20H,3,8,12-13,15H2,1-2H3;3-12,14,18H,13H2,1-2H3;3-7,10,13-14,19-20H,8-9H2,1-2H3;5-7,9-11,14H,4,8H2,1-3H3. The van der Waals surface area contributed by atoms with E-state index < -0.39 is 49.1 Å². The molecule has 636 valence electrons. The number of ether oxygens (including phenoxy) is 1. The van der Waals surface area contributed by atoms with Crippen molar-refractivity contribution in [2.24, 2.45) is 0 Å². The third-order valence-electron chi connectivity index (χ3n) is 22.1. The van der Waals surface area contributed by atoms with Gasteiger partial charge in [-0.1, -0.05) is 196 Å². The number of aliphatic hydroxyl groups is 4. The zero-order valence-electron chi connectivity index (χ0n) is 70.1. The number of likely N-dealkylation sites (N-methyl/N-ethyl adjacent to an activating group) is 5. The molecular weight excluding hydrogens is 1530 g/mol. The third-order valence-corrected chi connectivity index (χ3v) is 22.1. The molecule has 10 atom stereocenters. The zero-order valence-corrected chi connectivity index (χ0v) is 70.1. The van der Waals surface area contributed by atoms with Crippen molar-refractivity contribution in [2.45, 2.75) is 198 Å². The molecule has 0 radical (unpaired) electrons. The first kappa shape index (κ1) is 91.9. The Hall–Kier alpha value is -12.0. The van der Waals surface area contributed by atoms with Crippen LogP contribution < -0.4 is 4.74 Å². The Morgan fingerprint density at radius 2 is 0.650 bits per heavy atom. The van der Waals surface area contributed by atoms with Crippen LogP contribution in [0.2, 0.25) is 0 Å². The second-order valence-electron chi connectivity index (χ2n) is 30.4. The highest BCUT2D eigenvalue weighted by atomic mass is 16.5. The van der Waals surface area contributed by atoms with E-state index in [1.807, 2.05) is 202 Å². The predicted molar refractivity (Wildman–Crippen MR) is 451 cm³/mol. The Bertz CT molecular complexity index is 4630. The van der Waals surface area contributed by atoms with Gasteiger partial charge in [-0.25, -0.2) is 0 Å². The maximum Gasteiger partial charge on any atom is 0.263 e. The molecule has 0 aliphatic carbocycles. The highest BCUT2D eigenvalue weighted by Crippen LogP contribution is 2.38. The van der Waals surface area contributed by atoms with Crippen molar-refractivity contribution >= 4 is 59.1 Å². The van der Waals surface area contributed by atoms with Gasteiger partial charge in [0.15, 0.2) is 19.2 Å². The number of rotatable bonds is 26. The molecule has 27 nitrogen and oxygen atoms in total. The van der Waals surface area contributed by atoms with Crippen molar-refractivity contribution in [3.05, 3.63) is 270 Å². The quantitative estimate of drug-likeness (QED) is 0.0367. The molecule has 6 aromatic carbocycles. The number of para-hydroxylation sites is 1. The van der Waals surface area contributed by atoms with Crippen LogP contribution in [0.25, 0.3) is 0 Å². The van der Waals surface area contributed by atoms with E-state index in [1.165, 1.54) is 10.5 Å². The van der Waals surface area contributed by atoms with E-state index in [4.69, 9.17) is 25.2 Å². The van der Waals surface area contributed by atoms with Crippen molar-refractivity contribution in [1.29, 1.82) is 0 Å². The lowest BCUT2D eigenvalue weighted by Crippen LogP contribution is -2.45. The van der Waals surface area contributed by atoms with Crippen molar-refractivity contribution < 1.29 is 73.1 Å². The molecule has 10 unspecified atom stereocenters. The zero-order chi connectivity index (χ0) is 86.7. The topological polar surface area (TPSA) is 319 Å². The fourth-order valence-electron chi connectivity index (χ4n) is 15.9. The molecule has 7 heterocycles. The number of aliphatic hydroxyl groups excluding tert-OH is 2. The first-order valence-electron chi connectivity index (χ1n) is 41.0. The van der Waals surface area contributed by atoms with Gasteiger partial charge in [0.05, 0.1) is 0 Å². The summed E-state index contributed by atoms with van der Waals surface area (Å²) >= 11 is 0. The van der Waals surface area contributed by atoms with Gasteiger partial charge in [0.2, 0.25) is 53.2 Å². The molecule has 8 aromatic rings. The molecule has 27 heteroatoms. The summed E-state index contributed by atoms with van der Waals surface area (Å²) in [7, 11) is 8.69. The van der Waals surface area contributed by atoms with Gasteiger partial charge in [-0.05, 0) is 123 Å². The van der Waals surface area contributed by atoms with Crippen LogP contribution in [0.3, 0.4) is 0 Å². The Morgan fingerprint density at radius 3 is 0.967 bits per heavy atom. The van der Waals surface area contributed by atoms with Crippen LogP contribution in [-0.4, -0.2) is 235 Å². The number of carbonyl (C=O) groups is 10. The minimum atomic E-state index is -1.55. The summed E-state index contributed by atoms with van der Waals surface area (Å²) < 4.78 is 5.56. The summed E-state index contributed by atoms with van der Waals surface area (Å²) in [5.41, 5.74) is 6.96. The van der Waals surface area contributed by atoms with E-state index in [0.717, 1.165) is 65.5 Å². The van der Waals surface area contributed by atoms with Crippen LogP contribution >= 0.6 is 0 Å². The molecule has 2 aromatic heterocycles. The molecule has 13 rings (SSSR count). The van der Waals surface area contributed by atoms with Crippen LogP contribution in [0, 0.1) is 0 Å². The Morgan fingerprint density at radius 1 is 0.358 bits per heavy atom. The van der Waals surface area contributed by atoms with E-state index in [2.05, 4.69) is 22.1 Å². The summed E-state index contributed by atoms with van der Waals surface area (Å²) in [6, 6.07) is 62.9. The van der Waals surface area contributed by atoms with Gasteiger partial charge in [-0.2, -0.15) is 0 Å². The van der Waals surface area contributed by atoms with Crippen molar-refractivity contribution in [3.8, 4) is 5.75 Å². The van der Waals surface area contributed by atoms with E-state index in [1.54, 1.807) is 131 Å². The van der Waals surface area contributed by atoms with Gasteiger partial charge in [-0.3, -0.25) is 57.9 Å². The molecule has 0 spiro atoms. The van der Waals surface area contributed by atoms with Gasteiger partial charge in [0.25, 0.3) is 5.91 Å². The molecule has 5 aliphatic heterocycles. The number of hydrogen-bond donors (Lipinski definition) is 4. The predicted octanol–water partition coefficient (Wildman–Crippen LogP) is 9.49. The second-order valence-corrected chi connectivity index (χ2v) is 30.4. The molecule has 5 fully saturated rings. The van der Waals surface area contributed by atoms with E-state index in [-0.39, 0.29) is 116 Å². The number of amides is 10. The number of aromatic nitrogens is 2. The van der Waals surface area contributed by atoms with Gasteiger partial charge < -0.3 is 74.2 Å². The summed E-state index contributed by atoms with van der Waals surface area (Å²) in [6.07, 6.45) is 8.30. The number of pyridine rings is 2. The maximum atomic E-state index is 13.0. The minimum Gasteiger partial charge on any atom is -0.484 e. The fourth-order valence-corrected chi connectivity index (χ4v) is 15.9. The van der Waals surface area contributed by atoms with Gasteiger partial charge in [0, 0.05) is 111 Å². The van der Waals surface area contributed by atoms with Crippen molar-refractivity contribution in [3.63, 3.8) is 0 Å². The Balaban J connectivity index is 0.000000172. The van der Waals surface area contributed by atoms with Gasteiger partial charge >= 0.3 is 0 Å². The number of benzene rings is 6. The molecular formula is C93H114N12O15. The maximum absolute atomic E-state index is 13.0. The molecule has 4 N–H and O–H groups in total. The number of hydrogen-bond acceptors (Lipinski definition) is 17. The normalized spacial score (nSPS) is 20.6. The summed E-state index contributed by atoms with van der Waals surface area (Å²) in [4.78, 5) is 151. The lowest BCUT2D eigenvalue weighted by Gasteiger charge is -2.30. The van der Waals surface area contributed by atoms with Crippen LogP contribution in [0.15, 0.2) is 231 Å². The second kappa shape index (κ2) is 44.7. The summed E-state index contributed by atoms with van der Waals surface area (Å²) in [6.45, 7) is 9.11. The Labute approximate surface area is 703 Å². The van der Waals surface area contributed by atoms with Crippen LogP contribution in [-0.2, 0) is 73.6 Å². The largest absolute Gasteiger partial charge is 0.484 e. The molecule has 0 bridgehead atoms. The average molecular weight is 1640 g/mol. The van der Waals surface area contributed by atoms with E-state index in [0.29, 0.717) is 37.9 Å². The highest BCUT2D eigenvalue weighted by Gasteiger charge is 2.50. The number of aryl methyl sites for hydroxylation is 2. The summed E-state index contributed by atoms with van der Waals surface area (Å²) in [5, 5.41) is 36.1. The van der Waals surface area contributed by atoms with Gasteiger partial charge in [0.1, 0.15) is 66.8 Å². The molecule has 5 aliphatic rings. The lowest BCUT2D eigenvalue weighted by molar-refractivity contribution is -0.139. The highest BCUT2D eigenvalue weighted by molar-refractivity contribution is 5.95. The van der Waals surface area contributed by atoms with Crippen LogP contribution in [0.5, 0.6) is 5.75 Å².